The van der Waals surface area contributed by atoms with Crippen LogP contribution in [0.4, 0.5) is 0 Å². The van der Waals surface area contributed by atoms with Crippen LogP contribution in [0.3, 0.4) is 0 Å². The van der Waals surface area contributed by atoms with Gasteiger partial charge in [0.25, 0.3) is 0 Å². The Labute approximate surface area is 113 Å². The highest BCUT2D eigenvalue weighted by molar-refractivity contribution is 7.98. The Balaban J connectivity index is 3.18. The van der Waals surface area contributed by atoms with Gasteiger partial charge in [-0.2, -0.15) is 0 Å². The first-order valence-corrected chi connectivity index (χ1v) is 6.99. The molecule has 3 nitrogen and oxygen atoms in total. The molecule has 100 valence electrons. The lowest BCUT2D eigenvalue weighted by Gasteiger charge is -2.21. The van der Waals surface area contributed by atoms with Gasteiger partial charge in [-0.3, -0.25) is 4.79 Å². The Kier molecular flexibility index (Phi) is 4.68. The molecule has 1 rings (SSSR count). The molecule has 0 aliphatic carbocycles. The van der Waals surface area contributed by atoms with E-state index in [1.54, 1.807) is 32.7 Å². The van der Waals surface area contributed by atoms with E-state index >= 15 is 0 Å². The summed E-state index contributed by atoms with van der Waals surface area (Å²) in [6.07, 6.45) is 2.47. The highest BCUT2D eigenvalue weighted by Crippen LogP contribution is 2.33. The van der Waals surface area contributed by atoms with Gasteiger partial charge >= 0.3 is 5.97 Å². The highest BCUT2D eigenvalue weighted by Gasteiger charge is 2.29. The van der Waals surface area contributed by atoms with Gasteiger partial charge in [-0.1, -0.05) is 0 Å². The summed E-state index contributed by atoms with van der Waals surface area (Å²) in [6, 6.07) is 4.00. The minimum absolute atomic E-state index is 0.458. The maximum Gasteiger partial charge on any atom is 0.309 e. The number of ether oxygens (including phenoxy) is 1. The number of benzene rings is 1. The third kappa shape index (κ3) is 3.19. The van der Waals surface area contributed by atoms with Gasteiger partial charge in [-0.15, -0.1) is 11.8 Å². The van der Waals surface area contributed by atoms with Gasteiger partial charge in [0, 0.05) is 4.90 Å². The number of thioether (sulfide) groups is 1. The maximum absolute atomic E-state index is 11.2. The molecule has 0 radical (unpaired) electrons. The molecule has 1 aromatic rings. The van der Waals surface area contributed by atoms with Crippen molar-refractivity contribution in [2.75, 3.05) is 13.4 Å². The summed E-state index contributed by atoms with van der Waals surface area (Å²) in [5.74, 6) is -0.0320. The van der Waals surface area contributed by atoms with Crippen molar-refractivity contribution in [1.29, 1.82) is 0 Å². The van der Waals surface area contributed by atoms with Crippen molar-refractivity contribution in [1.82, 2.24) is 0 Å². The van der Waals surface area contributed by atoms with Crippen molar-refractivity contribution in [3.8, 4) is 5.75 Å². The number of carboxylic acids is 1. The summed E-state index contributed by atoms with van der Waals surface area (Å²) in [7, 11) is 1.62. The van der Waals surface area contributed by atoms with E-state index in [1.807, 2.05) is 25.3 Å². The van der Waals surface area contributed by atoms with Crippen molar-refractivity contribution >= 4 is 17.7 Å². The Morgan fingerprint density at radius 1 is 1.44 bits per heavy atom. The molecule has 0 saturated heterocycles. The number of carboxylic acid groups (broad SMARTS) is 1. The molecule has 0 aliphatic rings. The van der Waals surface area contributed by atoms with Gasteiger partial charge in [-0.05, 0) is 56.7 Å². The topological polar surface area (TPSA) is 46.5 Å². The van der Waals surface area contributed by atoms with Gasteiger partial charge in [0.05, 0.1) is 12.5 Å². The molecule has 0 unspecified atom stereocenters. The Bertz CT molecular complexity index is 453. The Morgan fingerprint density at radius 3 is 2.50 bits per heavy atom. The summed E-state index contributed by atoms with van der Waals surface area (Å²) >= 11 is 1.66. The normalized spacial score (nSPS) is 11.4. The lowest BCUT2D eigenvalue weighted by molar-refractivity contribution is -0.146. The van der Waals surface area contributed by atoms with Crippen LogP contribution in [0.15, 0.2) is 17.0 Å². The van der Waals surface area contributed by atoms with Crippen LogP contribution in [0.2, 0.25) is 0 Å². The standard InChI is InChI=1S/C14H20O3S/c1-9-6-11(17-4)10(7-12(9)18-5)8-14(2,3)13(15)16/h6-7H,8H2,1-5H3,(H,15,16). The second-order valence-electron chi connectivity index (χ2n) is 5.00. The van der Waals surface area contributed by atoms with Crippen molar-refractivity contribution < 1.29 is 14.6 Å². The fourth-order valence-corrected chi connectivity index (χ4v) is 2.44. The van der Waals surface area contributed by atoms with Crippen LogP contribution >= 0.6 is 11.8 Å². The summed E-state index contributed by atoms with van der Waals surface area (Å²) in [6.45, 7) is 5.49. The van der Waals surface area contributed by atoms with E-state index in [0.717, 1.165) is 21.8 Å². The van der Waals surface area contributed by atoms with Gasteiger partial charge < -0.3 is 9.84 Å². The lowest BCUT2D eigenvalue weighted by atomic mass is 9.85. The third-order valence-electron chi connectivity index (χ3n) is 3.01. The van der Waals surface area contributed by atoms with E-state index in [0.29, 0.717) is 6.42 Å². The van der Waals surface area contributed by atoms with Crippen molar-refractivity contribution in [2.24, 2.45) is 5.41 Å². The molecule has 0 amide bonds. The average molecular weight is 268 g/mol. The van der Waals surface area contributed by atoms with E-state index < -0.39 is 11.4 Å². The quantitative estimate of drug-likeness (QED) is 0.832. The van der Waals surface area contributed by atoms with Crippen LogP contribution in [0.1, 0.15) is 25.0 Å². The van der Waals surface area contributed by atoms with Crippen molar-refractivity contribution in [3.05, 3.63) is 23.3 Å². The molecule has 0 spiro atoms. The SMILES string of the molecule is COc1cc(C)c(SC)cc1CC(C)(C)C(=O)O. The average Bonchev–Trinajstić information content (AvgIpc) is 2.30. The molecule has 18 heavy (non-hydrogen) atoms. The molecular formula is C14H20O3S. The second kappa shape index (κ2) is 5.65. The van der Waals surface area contributed by atoms with Gasteiger partial charge in [0.1, 0.15) is 5.75 Å². The van der Waals surface area contributed by atoms with Gasteiger partial charge in [-0.25, -0.2) is 0 Å². The molecule has 1 aromatic carbocycles. The van der Waals surface area contributed by atoms with Crippen LogP contribution in [0.25, 0.3) is 0 Å². The van der Waals surface area contributed by atoms with Crippen molar-refractivity contribution in [2.45, 2.75) is 32.1 Å². The first-order valence-electron chi connectivity index (χ1n) is 5.76. The first-order chi connectivity index (χ1) is 8.31. The number of aryl methyl sites for hydroxylation is 1. The van der Waals surface area contributed by atoms with Gasteiger partial charge in [0.15, 0.2) is 0 Å². The lowest BCUT2D eigenvalue weighted by Crippen LogP contribution is -2.26. The molecule has 4 heteroatoms. The molecular weight excluding hydrogens is 248 g/mol. The number of carbonyl (C=O) groups is 1. The molecule has 0 heterocycles. The minimum Gasteiger partial charge on any atom is -0.496 e. The van der Waals surface area contributed by atoms with E-state index in [2.05, 4.69) is 0 Å². The molecule has 0 bridgehead atoms. The third-order valence-corrected chi connectivity index (χ3v) is 3.89. The number of aliphatic carboxylic acids is 1. The van der Waals surface area contributed by atoms with E-state index in [-0.39, 0.29) is 0 Å². The zero-order valence-corrected chi connectivity index (χ0v) is 12.4. The zero-order chi connectivity index (χ0) is 13.9. The summed E-state index contributed by atoms with van der Waals surface area (Å²) in [4.78, 5) is 12.4. The molecule has 0 saturated carbocycles. The Hall–Kier alpha value is -1.16. The molecule has 0 aromatic heterocycles. The van der Waals surface area contributed by atoms with E-state index in [4.69, 9.17) is 4.74 Å². The number of hydrogen-bond acceptors (Lipinski definition) is 3. The first kappa shape index (κ1) is 14.9. The molecule has 0 aliphatic heterocycles. The van der Waals surface area contributed by atoms with Crippen molar-refractivity contribution in [3.63, 3.8) is 0 Å². The van der Waals surface area contributed by atoms with Crippen LogP contribution < -0.4 is 4.74 Å². The number of methoxy groups -OCH3 is 1. The fraction of sp³-hybridized carbons (Fsp3) is 0.500. The van der Waals surface area contributed by atoms with E-state index in [1.165, 1.54) is 0 Å². The smallest absolute Gasteiger partial charge is 0.309 e. The van der Waals surface area contributed by atoms with E-state index in [9.17, 15) is 9.90 Å². The minimum atomic E-state index is -0.796. The fourth-order valence-electron chi connectivity index (χ4n) is 1.80. The number of hydrogen-bond donors (Lipinski definition) is 1. The predicted molar refractivity (Wildman–Crippen MR) is 74.6 cm³/mol. The monoisotopic (exact) mass is 268 g/mol. The highest BCUT2D eigenvalue weighted by atomic mass is 32.2. The zero-order valence-electron chi connectivity index (χ0n) is 11.5. The summed E-state index contributed by atoms with van der Waals surface area (Å²) in [5.41, 5.74) is 1.30. The molecule has 0 fully saturated rings. The van der Waals surface area contributed by atoms with Crippen LogP contribution in [-0.2, 0) is 11.2 Å². The van der Waals surface area contributed by atoms with Crippen LogP contribution in [-0.4, -0.2) is 24.4 Å². The molecule has 0 atom stereocenters. The maximum atomic E-state index is 11.2. The summed E-state index contributed by atoms with van der Waals surface area (Å²) < 4.78 is 5.35. The predicted octanol–water partition coefficient (Wildman–Crippen LogP) is 3.38. The largest absolute Gasteiger partial charge is 0.496 e. The van der Waals surface area contributed by atoms with Crippen LogP contribution in [0, 0.1) is 12.3 Å². The Morgan fingerprint density at radius 2 is 2.06 bits per heavy atom. The number of rotatable bonds is 5. The second-order valence-corrected chi connectivity index (χ2v) is 5.85. The van der Waals surface area contributed by atoms with Gasteiger partial charge in [0.2, 0.25) is 0 Å². The summed E-state index contributed by atoms with van der Waals surface area (Å²) in [5, 5.41) is 9.20. The molecule has 1 N–H and O–H groups in total. The van der Waals surface area contributed by atoms with Crippen LogP contribution in [0.5, 0.6) is 5.75 Å².